The molecular weight excluding hydrogens is 320 g/mol. The largest absolute Gasteiger partial charge is 0.479 e. The summed E-state index contributed by atoms with van der Waals surface area (Å²) in [7, 11) is 0. The fourth-order valence-electron chi connectivity index (χ4n) is 4.29. The highest BCUT2D eigenvalue weighted by molar-refractivity contribution is 5.95. The maximum absolute atomic E-state index is 12.8. The first-order valence-corrected chi connectivity index (χ1v) is 9.16. The summed E-state index contributed by atoms with van der Waals surface area (Å²) in [6.07, 6.45) is 3.54. The zero-order chi connectivity index (χ0) is 17.4. The molecule has 0 bridgehead atoms. The highest BCUT2D eigenvalue weighted by Gasteiger charge is 2.37. The molecule has 4 rings (SSSR count). The van der Waals surface area contributed by atoms with E-state index in [0.717, 1.165) is 56.6 Å². The number of anilines is 1. The molecule has 0 radical (unpaired) electrons. The van der Waals surface area contributed by atoms with Crippen LogP contribution in [0.2, 0.25) is 0 Å². The van der Waals surface area contributed by atoms with Crippen LogP contribution in [0, 0.1) is 5.92 Å². The Morgan fingerprint density at radius 2 is 1.96 bits per heavy atom. The van der Waals surface area contributed by atoms with Gasteiger partial charge in [-0.3, -0.25) is 4.79 Å². The van der Waals surface area contributed by atoms with Crippen molar-refractivity contribution in [2.24, 2.45) is 5.92 Å². The van der Waals surface area contributed by atoms with E-state index < -0.39 is 12.1 Å². The summed E-state index contributed by atoms with van der Waals surface area (Å²) in [6, 6.07) is 5.92. The second kappa shape index (κ2) is 6.67. The van der Waals surface area contributed by atoms with Crippen molar-refractivity contribution in [1.82, 2.24) is 4.90 Å². The number of rotatable bonds is 3. The number of hydrogen-bond acceptors (Lipinski definition) is 4. The van der Waals surface area contributed by atoms with Gasteiger partial charge in [-0.15, -0.1) is 0 Å². The molecule has 6 heteroatoms. The Morgan fingerprint density at radius 1 is 1.16 bits per heavy atom. The summed E-state index contributed by atoms with van der Waals surface area (Å²) in [5.74, 6) is -0.400. The van der Waals surface area contributed by atoms with Crippen LogP contribution in [0.5, 0.6) is 0 Å². The smallest absolute Gasteiger partial charge is 0.332 e. The van der Waals surface area contributed by atoms with Gasteiger partial charge in [0.05, 0.1) is 6.10 Å². The summed E-state index contributed by atoms with van der Waals surface area (Å²) in [5, 5.41) is 12.4. The first-order valence-electron chi connectivity index (χ1n) is 9.16. The number of carbonyl (C=O) groups excluding carboxylic acids is 1. The molecule has 0 spiro atoms. The zero-order valence-corrected chi connectivity index (χ0v) is 14.2. The van der Waals surface area contributed by atoms with Crippen LogP contribution >= 0.6 is 0 Å². The number of carboxylic acid groups (broad SMARTS) is 1. The van der Waals surface area contributed by atoms with Gasteiger partial charge in [-0.1, -0.05) is 0 Å². The predicted octanol–water partition coefficient (Wildman–Crippen LogP) is 2.14. The third-order valence-electron chi connectivity index (χ3n) is 5.74. The zero-order valence-electron chi connectivity index (χ0n) is 14.2. The Balaban J connectivity index is 1.34. The number of likely N-dealkylation sites (tertiary alicyclic amines) is 1. The van der Waals surface area contributed by atoms with Crippen LogP contribution in [0.15, 0.2) is 18.2 Å². The number of aliphatic carboxylic acids is 1. The van der Waals surface area contributed by atoms with E-state index in [-0.39, 0.29) is 12.0 Å². The highest BCUT2D eigenvalue weighted by atomic mass is 16.5. The van der Waals surface area contributed by atoms with Gasteiger partial charge in [0.2, 0.25) is 0 Å². The minimum atomic E-state index is -0.860. The van der Waals surface area contributed by atoms with Gasteiger partial charge < -0.3 is 20.1 Å². The number of carboxylic acids is 1. The number of fused-ring (bicyclic) bond motifs is 1. The van der Waals surface area contributed by atoms with Crippen molar-refractivity contribution >= 4 is 17.6 Å². The van der Waals surface area contributed by atoms with Gasteiger partial charge in [-0.25, -0.2) is 4.79 Å². The van der Waals surface area contributed by atoms with E-state index in [0.29, 0.717) is 12.3 Å². The molecule has 2 saturated heterocycles. The number of nitrogens with zero attached hydrogens (tertiary/aromatic N) is 1. The summed E-state index contributed by atoms with van der Waals surface area (Å²) in [6.45, 7) is 2.38. The van der Waals surface area contributed by atoms with E-state index >= 15 is 0 Å². The van der Waals surface area contributed by atoms with E-state index in [1.54, 1.807) is 0 Å². The third-order valence-corrected chi connectivity index (χ3v) is 5.74. The molecule has 2 N–H and O–H groups in total. The van der Waals surface area contributed by atoms with Crippen LogP contribution in [0.3, 0.4) is 0 Å². The maximum atomic E-state index is 12.8. The standard InChI is InChI=1S/C19H24N2O4/c22-18(14-1-2-15-13(11-14)5-8-20-15)21-9-6-12(7-10-21)16-3-4-17(25-16)19(23)24/h1-2,11-12,16-17,20H,3-10H2,(H,23,24)/t16-,17+/m0/s1. The van der Waals surface area contributed by atoms with Gasteiger partial charge in [0.15, 0.2) is 6.10 Å². The van der Waals surface area contributed by atoms with Crippen LogP contribution in [0.4, 0.5) is 5.69 Å². The van der Waals surface area contributed by atoms with Crippen molar-refractivity contribution in [3.8, 4) is 0 Å². The van der Waals surface area contributed by atoms with Crippen molar-refractivity contribution < 1.29 is 19.4 Å². The Bertz CT molecular complexity index is 682. The molecule has 3 heterocycles. The quantitative estimate of drug-likeness (QED) is 0.878. The minimum absolute atomic E-state index is 0.0319. The number of amides is 1. The van der Waals surface area contributed by atoms with E-state index in [1.165, 1.54) is 5.56 Å². The van der Waals surface area contributed by atoms with Gasteiger partial charge in [-0.2, -0.15) is 0 Å². The predicted molar refractivity (Wildman–Crippen MR) is 92.8 cm³/mol. The minimum Gasteiger partial charge on any atom is -0.479 e. The first kappa shape index (κ1) is 16.4. The maximum Gasteiger partial charge on any atom is 0.332 e. The molecule has 25 heavy (non-hydrogen) atoms. The molecule has 2 atom stereocenters. The molecule has 6 nitrogen and oxygen atoms in total. The van der Waals surface area contributed by atoms with Crippen molar-refractivity contribution in [2.45, 2.75) is 44.3 Å². The van der Waals surface area contributed by atoms with Gasteiger partial charge in [0.1, 0.15) is 0 Å². The summed E-state index contributed by atoms with van der Waals surface area (Å²) < 4.78 is 5.68. The van der Waals surface area contributed by atoms with Gasteiger partial charge >= 0.3 is 5.97 Å². The monoisotopic (exact) mass is 344 g/mol. The van der Waals surface area contributed by atoms with Crippen molar-refractivity contribution in [2.75, 3.05) is 25.0 Å². The summed E-state index contributed by atoms with van der Waals surface area (Å²) in [4.78, 5) is 25.7. The third kappa shape index (κ3) is 3.23. The van der Waals surface area contributed by atoms with Crippen LogP contribution < -0.4 is 5.32 Å². The van der Waals surface area contributed by atoms with Crippen molar-refractivity contribution in [1.29, 1.82) is 0 Å². The number of benzene rings is 1. The first-order chi connectivity index (χ1) is 12.1. The molecule has 3 aliphatic heterocycles. The number of hydrogen-bond donors (Lipinski definition) is 2. The molecule has 3 aliphatic rings. The normalized spacial score (nSPS) is 26.3. The number of ether oxygens (including phenoxy) is 1. The Kier molecular flexibility index (Phi) is 4.37. The summed E-state index contributed by atoms with van der Waals surface area (Å²) in [5.41, 5.74) is 3.13. The number of carbonyl (C=O) groups is 2. The van der Waals surface area contributed by atoms with E-state index in [4.69, 9.17) is 9.84 Å². The Hall–Kier alpha value is -2.08. The average Bonchev–Trinajstić information content (AvgIpc) is 3.30. The fraction of sp³-hybridized carbons (Fsp3) is 0.579. The lowest BCUT2D eigenvalue weighted by Crippen LogP contribution is -2.41. The topological polar surface area (TPSA) is 78.9 Å². The van der Waals surface area contributed by atoms with E-state index in [2.05, 4.69) is 5.32 Å². The molecule has 1 amide bonds. The lowest BCUT2D eigenvalue weighted by molar-refractivity contribution is -0.150. The molecule has 0 saturated carbocycles. The molecule has 0 unspecified atom stereocenters. The number of nitrogens with one attached hydrogen (secondary N) is 1. The lowest BCUT2D eigenvalue weighted by atomic mass is 9.89. The average molecular weight is 344 g/mol. The molecule has 134 valence electrons. The number of piperidine rings is 1. The Labute approximate surface area is 147 Å². The van der Waals surface area contributed by atoms with Crippen molar-refractivity contribution in [3.05, 3.63) is 29.3 Å². The Morgan fingerprint density at radius 3 is 2.68 bits per heavy atom. The molecule has 1 aromatic carbocycles. The van der Waals surface area contributed by atoms with E-state index in [9.17, 15) is 9.59 Å². The van der Waals surface area contributed by atoms with Crippen LogP contribution in [-0.4, -0.2) is 53.7 Å². The van der Waals surface area contributed by atoms with Crippen LogP contribution in [-0.2, 0) is 16.0 Å². The molecule has 0 aliphatic carbocycles. The van der Waals surface area contributed by atoms with Gasteiger partial charge in [0.25, 0.3) is 5.91 Å². The van der Waals surface area contributed by atoms with Gasteiger partial charge in [-0.05, 0) is 61.8 Å². The lowest BCUT2D eigenvalue weighted by Gasteiger charge is -2.34. The molecule has 0 aromatic heterocycles. The summed E-state index contributed by atoms with van der Waals surface area (Å²) >= 11 is 0. The van der Waals surface area contributed by atoms with Crippen molar-refractivity contribution in [3.63, 3.8) is 0 Å². The second-order valence-electron chi connectivity index (χ2n) is 7.26. The fourth-order valence-corrected chi connectivity index (χ4v) is 4.29. The second-order valence-corrected chi connectivity index (χ2v) is 7.26. The van der Waals surface area contributed by atoms with Crippen LogP contribution in [0.25, 0.3) is 0 Å². The highest BCUT2D eigenvalue weighted by Crippen LogP contribution is 2.32. The molecular formula is C19H24N2O4. The SMILES string of the molecule is O=C(O)[C@H]1CC[C@@H](C2CCN(C(=O)c3ccc4c(c3)CCN4)CC2)O1. The van der Waals surface area contributed by atoms with E-state index in [1.807, 2.05) is 23.1 Å². The van der Waals surface area contributed by atoms with Gasteiger partial charge in [0, 0.05) is 30.9 Å². The van der Waals surface area contributed by atoms with Crippen LogP contribution in [0.1, 0.15) is 41.6 Å². The molecule has 1 aromatic rings. The molecule has 2 fully saturated rings.